The Labute approximate surface area is 249 Å². The summed E-state index contributed by atoms with van der Waals surface area (Å²) in [6, 6.07) is 17.4. The molecule has 220 valence electrons. The van der Waals surface area contributed by atoms with E-state index in [0.29, 0.717) is 17.3 Å². The molecule has 3 aromatic rings. The van der Waals surface area contributed by atoms with Crippen LogP contribution in [0.5, 0.6) is 11.6 Å². The molecule has 2 aliphatic heterocycles. The number of aromatic nitrogens is 1. The van der Waals surface area contributed by atoms with Crippen molar-refractivity contribution in [3.63, 3.8) is 0 Å². The van der Waals surface area contributed by atoms with Gasteiger partial charge < -0.3 is 14.6 Å². The number of ether oxygens (including phenoxy) is 2. The second-order valence-electron chi connectivity index (χ2n) is 13.1. The fourth-order valence-electron chi connectivity index (χ4n) is 7.64. The summed E-state index contributed by atoms with van der Waals surface area (Å²) in [6.45, 7) is 3.96. The maximum Gasteiger partial charge on any atom is 0.306 e. The van der Waals surface area contributed by atoms with Crippen molar-refractivity contribution in [1.82, 2.24) is 9.88 Å². The number of carboxylic acids is 1. The number of aliphatic carboxylic acids is 1. The maximum absolute atomic E-state index is 11.9. The Morgan fingerprint density at radius 1 is 1.10 bits per heavy atom. The molecule has 3 atom stereocenters. The minimum absolute atomic E-state index is 0.0277. The van der Waals surface area contributed by atoms with Gasteiger partial charge in [-0.05, 0) is 115 Å². The third-order valence-electron chi connectivity index (χ3n) is 10.4. The van der Waals surface area contributed by atoms with E-state index in [-0.39, 0.29) is 12.0 Å². The molecule has 7 rings (SSSR count). The zero-order chi connectivity index (χ0) is 28.8. The van der Waals surface area contributed by atoms with Crippen LogP contribution in [0.25, 0.3) is 11.1 Å². The summed E-state index contributed by atoms with van der Waals surface area (Å²) in [6.07, 6.45) is 12.5. The molecule has 1 N–H and O–H groups in total. The standard InChI is InChI=1S/C36H42N2O4/c1-23(35(39)40)34(25-6-7-25)28-8-5-24-10-12-31(42-32(24)20-28)27-9-11-30(26-13-17-37-33(21-26)41-2)29(19-27)22-38-18-4-3-14-36(38)15-16-36/h5,8-9,11,13,17,19-21,23,25,31,34H,3-4,6-7,10,12,14-16,18,22H2,1-2H3,(H,39,40)/t23-,31?,34-/m0/s1. The van der Waals surface area contributed by atoms with Crippen LogP contribution in [-0.2, 0) is 17.8 Å². The van der Waals surface area contributed by atoms with Crippen LogP contribution in [0.4, 0.5) is 0 Å². The number of piperidine rings is 1. The van der Waals surface area contributed by atoms with Crippen LogP contribution in [0.15, 0.2) is 54.7 Å². The van der Waals surface area contributed by atoms with Gasteiger partial charge in [-0.1, -0.05) is 43.7 Å². The minimum Gasteiger partial charge on any atom is -0.485 e. The van der Waals surface area contributed by atoms with Crippen molar-refractivity contribution >= 4 is 5.97 Å². The molecule has 42 heavy (non-hydrogen) atoms. The largest absolute Gasteiger partial charge is 0.485 e. The number of hydrogen-bond donors (Lipinski definition) is 1. The molecular weight excluding hydrogens is 524 g/mol. The summed E-state index contributed by atoms with van der Waals surface area (Å²) in [5, 5.41) is 9.79. The first-order valence-electron chi connectivity index (χ1n) is 15.8. The van der Waals surface area contributed by atoms with Gasteiger partial charge in [0.15, 0.2) is 0 Å². The van der Waals surface area contributed by atoms with Crippen LogP contribution < -0.4 is 9.47 Å². The highest BCUT2D eigenvalue weighted by atomic mass is 16.5. The van der Waals surface area contributed by atoms with Gasteiger partial charge in [0.1, 0.15) is 11.9 Å². The Morgan fingerprint density at radius 2 is 1.95 bits per heavy atom. The lowest BCUT2D eigenvalue weighted by Crippen LogP contribution is -2.40. The third-order valence-corrected chi connectivity index (χ3v) is 10.4. The summed E-state index contributed by atoms with van der Waals surface area (Å²) < 4.78 is 12.2. The van der Waals surface area contributed by atoms with Crippen molar-refractivity contribution in [3.8, 4) is 22.8 Å². The highest BCUT2D eigenvalue weighted by molar-refractivity contribution is 5.71. The number of hydrogen-bond acceptors (Lipinski definition) is 5. The molecule has 3 heterocycles. The number of methoxy groups -OCH3 is 1. The number of benzene rings is 2. The van der Waals surface area contributed by atoms with E-state index < -0.39 is 11.9 Å². The van der Waals surface area contributed by atoms with Gasteiger partial charge in [-0.15, -0.1) is 0 Å². The Hall–Kier alpha value is -3.38. The minimum atomic E-state index is -0.718. The van der Waals surface area contributed by atoms with Gasteiger partial charge in [0.2, 0.25) is 5.88 Å². The predicted molar refractivity (Wildman–Crippen MR) is 163 cm³/mol. The van der Waals surface area contributed by atoms with E-state index in [1.807, 2.05) is 19.2 Å². The zero-order valence-electron chi connectivity index (χ0n) is 24.9. The highest BCUT2D eigenvalue weighted by Gasteiger charge is 2.48. The first kappa shape index (κ1) is 27.5. The lowest BCUT2D eigenvalue weighted by molar-refractivity contribution is -0.142. The lowest BCUT2D eigenvalue weighted by Gasteiger charge is -2.37. The highest BCUT2D eigenvalue weighted by Crippen LogP contribution is 2.50. The first-order valence-corrected chi connectivity index (χ1v) is 15.8. The molecule has 0 bridgehead atoms. The molecule has 2 aromatic carbocycles. The molecule has 2 aliphatic carbocycles. The van der Waals surface area contributed by atoms with Gasteiger partial charge in [0.05, 0.1) is 13.0 Å². The average Bonchev–Trinajstić information content (AvgIpc) is 3.96. The fourth-order valence-corrected chi connectivity index (χ4v) is 7.64. The van der Waals surface area contributed by atoms with Crippen LogP contribution in [0, 0.1) is 11.8 Å². The number of likely N-dealkylation sites (tertiary alicyclic amines) is 1. The van der Waals surface area contributed by atoms with E-state index in [2.05, 4.69) is 52.3 Å². The van der Waals surface area contributed by atoms with Gasteiger partial charge in [-0.2, -0.15) is 0 Å². The van der Waals surface area contributed by atoms with E-state index >= 15 is 0 Å². The van der Waals surface area contributed by atoms with Gasteiger partial charge in [0, 0.05) is 24.3 Å². The van der Waals surface area contributed by atoms with Crippen LogP contribution in [-0.4, -0.2) is 40.2 Å². The molecule has 2 saturated carbocycles. The molecule has 1 saturated heterocycles. The van der Waals surface area contributed by atoms with Gasteiger partial charge >= 0.3 is 5.97 Å². The van der Waals surface area contributed by atoms with Crippen molar-refractivity contribution in [2.24, 2.45) is 11.8 Å². The summed E-state index contributed by atoms with van der Waals surface area (Å²) >= 11 is 0. The SMILES string of the molecule is COc1cc(-c2ccc(C3CCc4ccc([C@H](C5CC5)[C@H](C)C(=O)O)cc4O3)cc2CN2CCCCC23CC3)ccn1. The summed E-state index contributed by atoms with van der Waals surface area (Å²) in [5.41, 5.74) is 7.64. The maximum atomic E-state index is 11.9. The molecule has 1 unspecified atom stereocenters. The topological polar surface area (TPSA) is 71.9 Å². The second-order valence-corrected chi connectivity index (χ2v) is 13.1. The molecule has 6 heteroatoms. The van der Waals surface area contributed by atoms with Gasteiger partial charge in [-0.3, -0.25) is 9.69 Å². The quantitative estimate of drug-likeness (QED) is 0.288. The molecule has 0 radical (unpaired) electrons. The zero-order valence-corrected chi connectivity index (χ0v) is 24.9. The Morgan fingerprint density at radius 3 is 2.71 bits per heavy atom. The van der Waals surface area contributed by atoms with Crippen molar-refractivity contribution in [3.05, 3.63) is 77.0 Å². The monoisotopic (exact) mass is 566 g/mol. The Balaban J connectivity index is 1.20. The summed E-state index contributed by atoms with van der Waals surface area (Å²) in [5.74, 6) is 0.929. The van der Waals surface area contributed by atoms with Crippen LogP contribution in [0.3, 0.4) is 0 Å². The van der Waals surface area contributed by atoms with Crippen LogP contribution in [0.1, 0.15) is 92.6 Å². The Kier molecular flexibility index (Phi) is 7.21. The van der Waals surface area contributed by atoms with Crippen molar-refractivity contribution in [2.45, 2.75) is 88.8 Å². The van der Waals surface area contributed by atoms with E-state index in [1.165, 1.54) is 54.4 Å². The molecule has 1 aromatic heterocycles. The molecule has 4 aliphatic rings. The first-order chi connectivity index (χ1) is 20.4. The second kappa shape index (κ2) is 11.0. The number of fused-ring (bicyclic) bond motifs is 1. The number of pyridine rings is 1. The summed E-state index contributed by atoms with van der Waals surface area (Å²) in [4.78, 5) is 19.0. The molecule has 3 fully saturated rings. The number of rotatable bonds is 9. The smallest absolute Gasteiger partial charge is 0.306 e. The van der Waals surface area contributed by atoms with E-state index in [4.69, 9.17) is 9.47 Å². The number of carboxylic acid groups (broad SMARTS) is 1. The van der Waals surface area contributed by atoms with Gasteiger partial charge in [0.25, 0.3) is 0 Å². The average molecular weight is 567 g/mol. The van der Waals surface area contributed by atoms with Crippen molar-refractivity contribution in [1.29, 1.82) is 0 Å². The van der Waals surface area contributed by atoms with E-state index in [1.54, 1.807) is 7.11 Å². The number of nitrogens with zero attached hydrogens (tertiary/aromatic N) is 2. The van der Waals surface area contributed by atoms with Crippen molar-refractivity contribution in [2.75, 3.05) is 13.7 Å². The summed E-state index contributed by atoms with van der Waals surface area (Å²) in [7, 11) is 1.67. The van der Waals surface area contributed by atoms with E-state index in [9.17, 15) is 9.90 Å². The number of aryl methyl sites for hydroxylation is 1. The molecule has 6 nitrogen and oxygen atoms in total. The van der Waals surface area contributed by atoms with Crippen molar-refractivity contribution < 1.29 is 19.4 Å². The Bertz CT molecular complexity index is 1480. The van der Waals surface area contributed by atoms with Crippen LogP contribution in [0.2, 0.25) is 0 Å². The van der Waals surface area contributed by atoms with Gasteiger partial charge in [-0.25, -0.2) is 4.98 Å². The molecule has 0 amide bonds. The fraction of sp³-hybridized carbons (Fsp3) is 0.500. The van der Waals surface area contributed by atoms with E-state index in [0.717, 1.165) is 55.6 Å². The third kappa shape index (κ3) is 5.30. The number of carbonyl (C=O) groups is 1. The lowest BCUT2D eigenvalue weighted by atomic mass is 9.82. The molecule has 1 spiro atoms. The van der Waals surface area contributed by atoms with Crippen LogP contribution >= 0.6 is 0 Å². The predicted octanol–water partition coefficient (Wildman–Crippen LogP) is 7.56. The normalized spacial score (nSPS) is 22.6. The molecular formula is C36H42N2O4.